The molecule has 4 rings (SSSR count). The molecule has 2 aliphatic heterocycles. The number of ether oxygens (including phenoxy) is 3. The number of aliphatic carboxylic acids is 1. The number of methoxy groups -OCH3 is 1. The molecule has 2 N–H and O–H groups in total. The molecule has 0 spiro atoms. The number of nitrogens with zero attached hydrogens (tertiary/aromatic N) is 1. The van der Waals surface area contributed by atoms with Gasteiger partial charge in [0.2, 0.25) is 12.7 Å². The van der Waals surface area contributed by atoms with E-state index >= 15 is 0 Å². The molecule has 2 heterocycles. The number of carboxylic acids is 1. The first-order valence-corrected chi connectivity index (χ1v) is 11.2. The van der Waals surface area contributed by atoms with E-state index in [-0.39, 0.29) is 25.2 Å². The van der Waals surface area contributed by atoms with E-state index in [2.05, 4.69) is 5.32 Å². The molecule has 8 nitrogen and oxygen atoms in total. The van der Waals surface area contributed by atoms with E-state index in [4.69, 9.17) is 14.2 Å². The van der Waals surface area contributed by atoms with Gasteiger partial charge in [-0.05, 0) is 48.7 Å². The Balaban J connectivity index is 1.77. The van der Waals surface area contributed by atoms with Crippen LogP contribution in [0.15, 0.2) is 42.5 Å². The lowest BCUT2D eigenvalue weighted by molar-refractivity contribution is -0.144. The maximum absolute atomic E-state index is 13.0. The van der Waals surface area contributed by atoms with E-state index in [9.17, 15) is 14.7 Å². The highest BCUT2D eigenvalue weighted by Crippen LogP contribution is 2.48. The van der Waals surface area contributed by atoms with Crippen LogP contribution in [0.3, 0.4) is 0 Å². The lowest BCUT2D eigenvalue weighted by atomic mass is 9.69. The quantitative estimate of drug-likeness (QED) is 0.633. The number of amides is 1. The monoisotopic (exact) mass is 454 g/mol. The van der Waals surface area contributed by atoms with Crippen LogP contribution in [0.2, 0.25) is 0 Å². The summed E-state index contributed by atoms with van der Waals surface area (Å²) in [4.78, 5) is 27.7. The highest BCUT2D eigenvalue weighted by Gasteiger charge is 2.55. The van der Waals surface area contributed by atoms with Crippen molar-refractivity contribution in [3.05, 3.63) is 53.6 Å². The van der Waals surface area contributed by atoms with Gasteiger partial charge in [-0.15, -0.1) is 0 Å². The number of benzene rings is 2. The fourth-order valence-corrected chi connectivity index (χ4v) is 4.78. The molecule has 3 unspecified atom stereocenters. The summed E-state index contributed by atoms with van der Waals surface area (Å²) in [6.45, 7) is 5.14. The molecule has 1 amide bonds. The molecule has 33 heavy (non-hydrogen) atoms. The molecule has 2 aromatic carbocycles. The van der Waals surface area contributed by atoms with Gasteiger partial charge in [-0.2, -0.15) is 0 Å². The van der Waals surface area contributed by atoms with Crippen LogP contribution in [0.1, 0.15) is 37.3 Å². The molecule has 3 atom stereocenters. The third-order valence-electron chi connectivity index (χ3n) is 6.73. The second kappa shape index (κ2) is 9.31. The second-order valence-corrected chi connectivity index (χ2v) is 8.57. The maximum atomic E-state index is 13.0. The number of nitrogens with one attached hydrogen (secondary N) is 1. The number of hydrogen-bond acceptors (Lipinski definition) is 6. The van der Waals surface area contributed by atoms with Crippen molar-refractivity contribution in [3.8, 4) is 17.2 Å². The van der Waals surface area contributed by atoms with Gasteiger partial charge in [-0.3, -0.25) is 14.5 Å². The summed E-state index contributed by atoms with van der Waals surface area (Å²) in [6.07, 6.45) is 0.837. The van der Waals surface area contributed by atoms with Crippen molar-refractivity contribution in [2.45, 2.75) is 37.6 Å². The first-order chi connectivity index (χ1) is 15.9. The van der Waals surface area contributed by atoms with Crippen molar-refractivity contribution in [2.24, 2.45) is 0 Å². The number of carboxylic acid groups (broad SMARTS) is 1. The summed E-state index contributed by atoms with van der Waals surface area (Å²) >= 11 is 0. The van der Waals surface area contributed by atoms with Gasteiger partial charge in [0.1, 0.15) is 11.2 Å². The standard InChI is InChI=1S/C25H30N2O6/c1-4-11-26-23(28)16(2)27-13-20(17-5-8-19(31-3)9-6-17)25(14-27,24(29)30)18-7-10-21-22(12-18)33-15-32-21/h5-10,12,16,20H,4,11,13-15H2,1-3H3,(H,26,28)(H,29,30). The molecule has 1 fully saturated rings. The van der Waals surface area contributed by atoms with Gasteiger partial charge in [-0.25, -0.2) is 0 Å². The molecule has 1 saturated heterocycles. The van der Waals surface area contributed by atoms with Gasteiger partial charge in [0.05, 0.1) is 13.2 Å². The van der Waals surface area contributed by atoms with Crippen LogP contribution in [0, 0.1) is 0 Å². The van der Waals surface area contributed by atoms with E-state index in [1.807, 2.05) is 43.0 Å². The summed E-state index contributed by atoms with van der Waals surface area (Å²) < 4.78 is 16.3. The third-order valence-corrected chi connectivity index (χ3v) is 6.73. The summed E-state index contributed by atoms with van der Waals surface area (Å²) in [5, 5.41) is 13.6. The third kappa shape index (κ3) is 4.11. The number of hydrogen-bond donors (Lipinski definition) is 2. The van der Waals surface area contributed by atoms with Crippen molar-refractivity contribution in [3.63, 3.8) is 0 Å². The summed E-state index contributed by atoms with van der Waals surface area (Å²) in [7, 11) is 1.59. The highest BCUT2D eigenvalue weighted by atomic mass is 16.7. The Kier molecular flexibility index (Phi) is 6.47. The van der Waals surface area contributed by atoms with E-state index in [1.54, 1.807) is 25.3 Å². The van der Waals surface area contributed by atoms with E-state index in [0.29, 0.717) is 35.9 Å². The highest BCUT2D eigenvalue weighted by molar-refractivity contribution is 5.86. The van der Waals surface area contributed by atoms with E-state index in [0.717, 1.165) is 12.0 Å². The number of rotatable bonds is 8. The largest absolute Gasteiger partial charge is 0.497 e. The van der Waals surface area contributed by atoms with Crippen molar-refractivity contribution in [1.29, 1.82) is 0 Å². The predicted molar refractivity (Wildman–Crippen MR) is 122 cm³/mol. The van der Waals surface area contributed by atoms with Crippen LogP contribution in [0.4, 0.5) is 0 Å². The molecule has 176 valence electrons. The Labute approximate surface area is 193 Å². The smallest absolute Gasteiger partial charge is 0.316 e. The second-order valence-electron chi connectivity index (χ2n) is 8.57. The predicted octanol–water partition coefficient (Wildman–Crippen LogP) is 2.76. The summed E-state index contributed by atoms with van der Waals surface area (Å²) in [5.41, 5.74) is 0.234. The number of fused-ring (bicyclic) bond motifs is 1. The zero-order valence-corrected chi connectivity index (χ0v) is 19.2. The molecule has 8 heteroatoms. The number of likely N-dealkylation sites (tertiary alicyclic amines) is 1. The van der Waals surface area contributed by atoms with Crippen LogP contribution < -0.4 is 19.5 Å². The maximum Gasteiger partial charge on any atom is 0.316 e. The molecular formula is C25H30N2O6. The fraction of sp³-hybridized carbons (Fsp3) is 0.440. The lowest BCUT2D eigenvalue weighted by Crippen LogP contribution is -2.47. The van der Waals surface area contributed by atoms with Gasteiger partial charge in [0.15, 0.2) is 11.5 Å². The van der Waals surface area contributed by atoms with Gasteiger partial charge < -0.3 is 24.6 Å². The lowest BCUT2D eigenvalue weighted by Gasteiger charge is -2.32. The minimum atomic E-state index is -1.27. The topological polar surface area (TPSA) is 97.3 Å². The van der Waals surface area contributed by atoms with Crippen molar-refractivity contribution in [2.75, 3.05) is 33.5 Å². The van der Waals surface area contributed by atoms with Gasteiger partial charge in [0, 0.05) is 25.6 Å². The molecule has 0 bridgehead atoms. The van der Waals surface area contributed by atoms with Crippen LogP contribution >= 0.6 is 0 Å². The van der Waals surface area contributed by atoms with Crippen LogP contribution in [-0.2, 0) is 15.0 Å². The van der Waals surface area contributed by atoms with Crippen LogP contribution in [-0.4, -0.2) is 61.5 Å². The molecular weight excluding hydrogens is 424 g/mol. The summed E-state index contributed by atoms with van der Waals surface area (Å²) in [6, 6.07) is 12.3. The normalized spacial score (nSPS) is 22.7. The van der Waals surface area contributed by atoms with Crippen molar-refractivity contribution in [1.82, 2.24) is 10.2 Å². The van der Waals surface area contributed by atoms with E-state index < -0.39 is 17.4 Å². The SMILES string of the molecule is CCCNC(=O)C(C)N1CC(c2ccc(OC)cc2)C(C(=O)O)(c2ccc3c(c2)OCO3)C1. The number of carbonyl (C=O) groups is 2. The Hall–Kier alpha value is -3.26. The molecule has 2 aromatic rings. The minimum Gasteiger partial charge on any atom is -0.497 e. The molecule has 0 aliphatic carbocycles. The van der Waals surface area contributed by atoms with Gasteiger partial charge in [-0.1, -0.05) is 25.1 Å². The Morgan fingerprint density at radius 1 is 1.21 bits per heavy atom. The molecule has 0 saturated carbocycles. The Morgan fingerprint density at radius 2 is 1.94 bits per heavy atom. The zero-order valence-electron chi connectivity index (χ0n) is 19.2. The first kappa shape index (κ1) is 22.9. The van der Waals surface area contributed by atoms with Gasteiger partial charge in [0.25, 0.3) is 0 Å². The van der Waals surface area contributed by atoms with E-state index in [1.165, 1.54) is 0 Å². The van der Waals surface area contributed by atoms with Crippen LogP contribution in [0.25, 0.3) is 0 Å². The van der Waals surface area contributed by atoms with Crippen molar-refractivity contribution >= 4 is 11.9 Å². The average Bonchev–Trinajstić information content (AvgIpc) is 3.47. The molecule has 0 radical (unpaired) electrons. The average molecular weight is 455 g/mol. The first-order valence-electron chi connectivity index (χ1n) is 11.2. The Morgan fingerprint density at radius 3 is 2.61 bits per heavy atom. The summed E-state index contributed by atoms with van der Waals surface area (Å²) in [5.74, 6) is 0.409. The molecule has 2 aliphatic rings. The fourth-order valence-electron chi connectivity index (χ4n) is 4.78. The van der Waals surface area contributed by atoms with Crippen LogP contribution in [0.5, 0.6) is 17.2 Å². The Bertz CT molecular complexity index is 1020. The zero-order chi connectivity index (χ0) is 23.6. The van der Waals surface area contributed by atoms with Gasteiger partial charge >= 0.3 is 5.97 Å². The number of carbonyl (C=O) groups excluding carboxylic acids is 1. The van der Waals surface area contributed by atoms with Crippen molar-refractivity contribution < 1.29 is 28.9 Å². The minimum absolute atomic E-state index is 0.0998. The molecule has 0 aromatic heterocycles.